The molecule has 1 N–H and O–H groups in total. The average molecular weight is 1030 g/mol. The molecule has 0 saturated carbocycles. The van der Waals surface area contributed by atoms with Gasteiger partial charge in [-0.1, -0.05) is 167 Å². The number of imidazole rings is 1. The van der Waals surface area contributed by atoms with Crippen LogP contribution in [-0.2, 0) is 31.9 Å². The van der Waals surface area contributed by atoms with Gasteiger partial charge in [-0.05, 0) is 124 Å². The van der Waals surface area contributed by atoms with E-state index in [9.17, 15) is 5.11 Å². The third kappa shape index (κ3) is 9.02. The predicted molar refractivity (Wildman–Crippen MR) is 268 cm³/mol. The van der Waals surface area contributed by atoms with Crippen LogP contribution in [0.2, 0.25) is 0 Å². The molecule has 0 fully saturated rings. The fraction of sp³-hybridized carbons (Fsp3) is 0.200. The van der Waals surface area contributed by atoms with Gasteiger partial charge in [0.25, 0.3) is 0 Å². The third-order valence-corrected chi connectivity index (χ3v) is 12.3. The Morgan fingerprint density at radius 3 is 1.89 bits per heavy atom. The number of hydrogen-bond acceptors (Lipinski definition) is 3. The van der Waals surface area contributed by atoms with Gasteiger partial charge < -0.3 is 5.11 Å². The van der Waals surface area contributed by atoms with Crippen LogP contribution in [0, 0.1) is 33.7 Å². The fourth-order valence-corrected chi connectivity index (χ4v) is 8.60. The Morgan fingerprint density at radius 2 is 1.20 bits per heavy atom. The number of phenols is 1. The van der Waals surface area contributed by atoms with E-state index in [0.717, 1.165) is 61.3 Å². The van der Waals surface area contributed by atoms with Crippen molar-refractivity contribution in [3.8, 4) is 78.6 Å². The summed E-state index contributed by atoms with van der Waals surface area (Å²) < 4.78 is 29.1. The molecule has 0 atom stereocenters. The van der Waals surface area contributed by atoms with E-state index < -0.39 is 6.85 Å². The van der Waals surface area contributed by atoms with Gasteiger partial charge in [0.1, 0.15) is 11.6 Å². The van der Waals surface area contributed by atoms with Crippen molar-refractivity contribution < 1.29 is 30.3 Å². The van der Waals surface area contributed by atoms with Crippen molar-refractivity contribution in [3.63, 3.8) is 0 Å². The van der Waals surface area contributed by atoms with Crippen LogP contribution < -0.4 is 0 Å². The third-order valence-electron chi connectivity index (χ3n) is 12.3. The van der Waals surface area contributed by atoms with E-state index in [4.69, 9.17) is 14.1 Å². The maximum atomic E-state index is 11.8. The van der Waals surface area contributed by atoms with Crippen molar-refractivity contribution in [2.75, 3.05) is 0 Å². The standard InChI is InChI=1S/C60H56N3O.Pt/c1-37-19-21-42(22-20-37)44-25-26-61-53(35-44)48-31-45(41-15-12-11-13-16-41)30-47(32-48)51-17-14-18-55-56(51)62-58(52-28-38(2)27-40(4)57(52)64)63(55)54-24-23-43(29-39(54)3)46-33-49(59(5,6)7)36-50(34-46)60(8,9)10;/h11-31,33-36,64H,1-10H3;/q-1;/i3D3;. The Bertz CT molecular complexity index is 3310. The summed E-state index contributed by atoms with van der Waals surface area (Å²) in [4.78, 5) is 10.3. The number of aromatic nitrogens is 3. The molecule has 328 valence electrons. The second-order valence-electron chi connectivity index (χ2n) is 19.3. The van der Waals surface area contributed by atoms with Crippen LogP contribution in [0.1, 0.15) is 79.0 Å². The number of benzene rings is 7. The van der Waals surface area contributed by atoms with Gasteiger partial charge in [0, 0.05) is 37.1 Å². The minimum absolute atomic E-state index is 0. The van der Waals surface area contributed by atoms with Crippen molar-refractivity contribution in [1.29, 1.82) is 0 Å². The van der Waals surface area contributed by atoms with Gasteiger partial charge in [-0.25, -0.2) is 4.98 Å². The van der Waals surface area contributed by atoms with Crippen molar-refractivity contribution in [1.82, 2.24) is 14.5 Å². The molecule has 0 aliphatic heterocycles. The van der Waals surface area contributed by atoms with E-state index in [1.807, 2.05) is 97.4 Å². The van der Waals surface area contributed by atoms with Gasteiger partial charge in [0.15, 0.2) is 0 Å². The molecule has 0 unspecified atom stereocenters. The Morgan fingerprint density at radius 1 is 0.554 bits per heavy atom. The Labute approximate surface area is 403 Å². The quantitative estimate of drug-likeness (QED) is 0.162. The summed E-state index contributed by atoms with van der Waals surface area (Å²) in [6, 6.07) is 53.1. The smallest absolute Gasteiger partial charge is 0.148 e. The SMILES string of the molecule is [2H]C([2H])([2H])c1cc(-c2cc(C(C)(C)C)cc(C(C)(C)C)c2)ccc1-n1c(-c2cc(C)cc(C)c2O)nc2c(-c3[c-]c(-c4cc(-c5ccc(C)cc5)ccn4)cc(-c4ccccc4)c3)cccc21.[Pt]. The van der Waals surface area contributed by atoms with Crippen LogP contribution in [0.25, 0.3) is 83.9 Å². The van der Waals surface area contributed by atoms with Gasteiger partial charge in [-0.3, -0.25) is 9.55 Å². The molecule has 65 heavy (non-hydrogen) atoms. The van der Waals surface area contributed by atoms with E-state index in [2.05, 4.69) is 127 Å². The second kappa shape index (κ2) is 17.6. The van der Waals surface area contributed by atoms with Gasteiger partial charge >= 0.3 is 0 Å². The molecule has 4 nitrogen and oxygen atoms in total. The van der Waals surface area contributed by atoms with E-state index in [1.54, 1.807) is 0 Å². The van der Waals surface area contributed by atoms with Gasteiger partial charge in [-0.15, -0.1) is 23.8 Å². The first-order valence-electron chi connectivity index (χ1n) is 23.5. The maximum Gasteiger partial charge on any atom is 0.148 e. The molecule has 0 bridgehead atoms. The van der Waals surface area contributed by atoms with Gasteiger partial charge in [-0.2, -0.15) is 0 Å². The Balaban J connectivity index is 0.00000625. The van der Waals surface area contributed by atoms with E-state index >= 15 is 0 Å². The first-order chi connectivity index (χ1) is 31.7. The van der Waals surface area contributed by atoms with Crippen molar-refractivity contribution in [3.05, 3.63) is 191 Å². The summed E-state index contributed by atoms with van der Waals surface area (Å²) in [6.07, 6.45) is 1.84. The number of para-hydroxylation sites is 1. The zero-order valence-electron chi connectivity index (χ0n) is 41.5. The number of aromatic hydroxyl groups is 1. The molecule has 9 aromatic rings. The number of nitrogens with zero attached hydrogens (tertiary/aromatic N) is 3. The number of phenolic OH excluding ortho intramolecular Hbond substituents is 1. The van der Waals surface area contributed by atoms with Crippen LogP contribution in [-0.4, -0.2) is 19.6 Å². The van der Waals surface area contributed by atoms with Crippen LogP contribution in [0.4, 0.5) is 0 Å². The van der Waals surface area contributed by atoms with Gasteiger partial charge in [0.05, 0.1) is 22.3 Å². The number of rotatable bonds is 7. The minimum Gasteiger partial charge on any atom is -0.507 e. The monoisotopic (exact) mass is 1030 g/mol. The van der Waals surface area contributed by atoms with Crippen LogP contribution in [0.15, 0.2) is 152 Å². The molecule has 0 aliphatic rings. The first kappa shape index (κ1) is 41.4. The normalized spacial score (nSPS) is 12.7. The molecule has 9 rings (SSSR count). The first-order valence-corrected chi connectivity index (χ1v) is 22.0. The second-order valence-corrected chi connectivity index (χ2v) is 19.3. The largest absolute Gasteiger partial charge is 0.507 e. The predicted octanol–water partition coefficient (Wildman–Crippen LogP) is 15.8. The summed E-state index contributed by atoms with van der Waals surface area (Å²) in [5, 5.41) is 11.8. The van der Waals surface area contributed by atoms with Crippen molar-refractivity contribution >= 4 is 11.0 Å². The van der Waals surface area contributed by atoms with E-state index in [-0.39, 0.29) is 43.2 Å². The molecular formula is C60H56N3OPt-. The summed E-state index contributed by atoms with van der Waals surface area (Å²) in [6.45, 7) is 16.7. The van der Waals surface area contributed by atoms with Crippen molar-refractivity contribution in [2.45, 2.75) is 80.0 Å². The summed E-state index contributed by atoms with van der Waals surface area (Å²) in [5.41, 5.74) is 16.6. The van der Waals surface area contributed by atoms with Crippen LogP contribution >= 0.6 is 0 Å². The molecule has 5 heteroatoms. The Hall–Kier alpha value is -6.35. The Kier molecular flexibility index (Phi) is 11.2. The molecule has 0 spiro atoms. The maximum absolute atomic E-state index is 11.8. The number of pyridine rings is 1. The molecule has 0 aliphatic carbocycles. The average Bonchev–Trinajstić information content (AvgIpc) is 3.69. The fourth-order valence-electron chi connectivity index (χ4n) is 8.60. The van der Waals surface area contributed by atoms with Crippen LogP contribution in [0.5, 0.6) is 5.75 Å². The summed E-state index contributed by atoms with van der Waals surface area (Å²) in [7, 11) is 0. The molecule has 2 aromatic heterocycles. The molecule has 0 saturated heterocycles. The number of fused-ring (bicyclic) bond motifs is 1. The number of hydrogen-bond donors (Lipinski definition) is 1. The summed E-state index contributed by atoms with van der Waals surface area (Å²) in [5.74, 6) is 0.519. The molecular weight excluding hydrogens is 974 g/mol. The molecule has 2 heterocycles. The van der Waals surface area contributed by atoms with Crippen LogP contribution in [0.3, 0.4) is 0 Å². The molecule has 0 amide bonds. The zero-order valence-corrected chi connectivity index (χ0v) is 40.8. The molecule has 7 aromatic carbocycles. The van der Waals surface area contributed by atoms with E-state index in [1.165, 1.54) is 16.7 Å². The topological polar surface area (TPSA) is 50.9 Å². The summed E-state index contributed by atoms with van der Waals surface area (Å²) >= 11 is 0. The number of aryl methyl sites for hydroxylation is 4. The van der Waals surface area contributed by atoms with Crippen molar-refractivity contribution in [2.24, 2.45) is 0 Å². The molecule has 0 radical (unpaired) electrons. The zero-order chi connectivity index (χ0) is 47.6. The minimum atomic E-state index is -2.51. The van der Waals surface area contributed by atoms with E-state index in [0.29, 0.717) is 33.7 Å². The van der Waals surface area contributed by atoms with Gasteiger partial charge in [0.2, 0.25) is 0 Å².